The number of carbonyl (C=O) groups is 1. The van der Waals surface area contributed by atoms with Crippen LogP contribution in [0.1, 0.15) is 17.5 Å². The molecule has 0 aliphatic heterocycles. The summed E-state index contributed by atoms with van der Waals surface area (Å²) in [5.41, 5.74) is 1.62. The number of sulfonamides is 1. The maximum atomic E-state index is 11.8. The van der Waals surface area contributed by atoms with E-state index in [1.54, 1.807) is 19.1 Å². The van der Waals surface area contributed by atoms with Crippen molar-refractivity contribution in [2.75, 3.05) is 6.54 Å². The largest absolute Gasteiger partial charge is 0.481 e. The Balaban J connectivity index is 2.86. The van der Waals surface area contributed by atoms with Crippen LogP contribution in [-0.4, -0.2) is 26.0 Å². The van der Waals surface area contributed by atoms with E-state index in [1.807, 2.05) is 6.92 Å². The molecule has 0 amide bonds. The summed E-state index contributed by atoms with van der Waals surface area (Å²) in [5, 5.41) is 8.44. The van der Waals surface area contributed by atoms with E-state index in [0.29, 0.717) is 5.56 Å². The van der Waals surface area contributed by atoms with Crippen LogP contribution in [0, 0.1) is 13.8 Å². The monoisotopic (exact) mass is 257 g/mol. The van der Waals surface area contributed by atoms with Crippen molar-refractivity contribution < 1.29 is 18.3 Å². The van der Waals surface area contributed by atoms with Crippen molar-refractivity contribution in [3.8, 4) is 0 Å². The minimum Gasteiger partial charge on any atom is -0.481 e. The van der Waals surface area contributed by atoms with E-state index in [9.17, 15) is 13.2 Å². The normalized spacial score (nSPS) is 11.4. The number of hydrogen-bond acceptors (Lipinski definition) is 3. The van der Waals surface area contributed by atoms with Crippen LogP contribution in [0.4, 0.5) is 0 Å². The first-order valence-electron chi connectivity index (χ1n) is 5.11. The van der Waals surface area contributed by atoms with Crippen molar-refractivity contribution in [3.63, 3.8) is 0 Å². The SMILES string of the molecule is Cc1ccc(S(=O)(=O)NCCC(=O)O)c(C)c1. The highest BCUT2D eigenvalue weighted by Gasteiger charge is 2.16. The van der Waals surface area contributed by atoms with Crippen molar-refractivity contribution in [3.05, 3.63) is 29.3 Å². The van der Waals surface area contributed by atoms with Gasteiger partial charge in [-0.25, -0.2) is 13.1 Å². The Kier molecular flexibility index (Phi) is 4.25. The third-order valence-electron chi connectivity index (χ3n) is 2.25. The minimum atomic E-state index is -3.62. The van der Waals surface area contributed by atoms with Gasteiger partial charge in [0.2, 0.25) is 10.0 Å². The van der Waals surface area contributed by atoms with Gasteiger partial charge in [-0.05, 0) is 25.5 Å². The highest BCUT2D eigenvalue weighted by Crippen LogP contribution is 2.15. The topological polar surface area (TPSA) is 83.5 Å². The quantitative estimate of drug-likeness (QED) is 0.826. The molecule has 0 radical (unpaired) electrons. The molecule has 0 atom stereocenters. The van der Waals surface area contributed by atoms with Crippen LogP contribution in [0.15, 0.2) is 23.1 Å². The van der Waals surface area contributed by atoms with Crippen molar-refractivity contribution in [2.45, 2.75) is 25.2 Å². The molecule has 1 aromatic carbocycles. The second-order valence-electron chi connectivity index (χ2n) is 3.81. The molecule has 17 heavy (non-hydrogen) atoms. The smallest absolute Gasteiger partial charge is 0.304 e. The molecule has 0 saturated carbocycles. The molecule has 0 bridgehead atoms. The van der Waals surface area contributed by atoms with Gasteiger partial charge in [-0.15, -0.1) is 0 Å². The molecule has 0 aliphatic carbocycles. The third kappa shape index (κ3) is 3.83. The summed E-state index contributed by atoms with van der Waals surface area (Å²) in [6, 6.07) is 5.00. The predicted octanol–water partition coefficient (Wildman–Crippen LogP) is 1.06. The van der Waals surface area contributed by atoms with Crippen LogP contribution < -0.4 is 4.72 Å². The van der Waals surface area contributed by atoms with E-state index < -0.39 is 16.0 Å². The third-order valence-corrected chi connectivity index (χ3v) is 3.87. The predicted molar refractivity (Wildman–Crippen MR) is 63.4 cm³/mol. The molecule has 0 saturated heterocycles. The van der Waals surface area contributed by atoms with Crippen molar-refractivity contribution in [1.29, 1.82) is 0 Å². The Hall–Kier alpha value is -1.40. The summed E-state index contributed by atoms with van der Waals surface area (Å²) in [6.07, 6.45) is -0.232. The molecule has 0 aliphatic rings. The summed E-state index contributed by atoms with van der Waals surface area (Å²) in [4.78, 5) is 10.5. The molecule has 0 spiro atoms. The first kappa shape index (κ1) is 13.7. The van der Waals surface area contributed by atoms with Crippen molar-refractivity contribution in [2.24, 2.45) is 0 Å². The van der Waals surface area contributed by atoms with Crippen LogP contribution in [0.25, 0.3) is 0 Å². The molecule has 5 nitrogen and oxygen atoms in total. The van der Waals surface area contributed by atoms with E-state index in [0.717, 1.165) is 5.56 Å². The van der Waals surface area contributed by atoms with E-state index in [-0.39, 0.29) is 17.9 Å². The molecule has 2 N–H and O–H groups in total. The van der Waals surface area contributed by atoms with E-state index >= 15 is 0 Å². The van der Waals surface area contributed by atoms with Gasteiger partial charge in [0, 0.05) is 6.54 Å². The molecule has 1 aromatic rings. The summed E-state index contributed by atoms with van der Waals surface area (Å²) >= 11 is 0. The Morgan fingerprint density at radius 1 is 1.35 bits per heavy atom. The van der Waals surface area contributed by atoms with E-state index in [2.05, 4.69) is 4.72 Å². The van der Waals surface area contributed by atoms with Gasteiger partial charge >= 0.3 is 5.97 Å². The molecule has 0 heterocycles. The number of carboxylic acid groups (broad SMARTS) is 1. The fourth-order valence-electron chi connectivity index (χ4n) is 1.47. The number of hydrogen-bond donors (Lipinski definition) is 2. The van der Waals surface area contributed by atoms with Crippen molar-refractivity contribution in [1.82, 2.24) is 4.72 Å². The van der Waals surface area contributed by atoms with Gasteiger partial charge in [0.25, 0.3) is 0 Å². The van der Waals surface area contributed by atoms with Gasteiger partial charge < -0.3 is 5.11 Å². The fourth-order valence-corrected chi connectivity index (χ4v) is 2.73. The Morgan fingerprint density at radius 3 is 2.53 bits per heavy atom. The standard InChI is InChI=1S/C11H15NO4S/c1-8-3-4-10(9(2)7-8)17(15,16)12-6-5-11(13)14/h3-4,7,12H,5-6H2,1-2H3,(H,13,14). The summed E-state index contributed by atoms with van der Waals surface area (Å²) in [5.74, 6) is -1.03. The number of nitrogens with one attached hydrogen (secondary N) is 1. The minimum absolute atomic E-state index is 0.106. The summed E-state index contributed by atoms with van der Waals surface area (Å²) < 4.78 is 25.9. The number of carboxylic acids is 1. The molecule has 1 rings (SSSR count). The Morgan fingerprint density at radius 2 is 2.00 bits per heavy atom. The lowest BCUT2D eigenvalue weighted by atomic mass is 10.2. The lowest BCUT2D eigenvalue weighted by Gasteiger charge is -2.09. The highest BCUT2D eigenvalue weighted by molar-refractivity contribution is 7.89. The van der Waals surface area contributed by atoms with Gasteiger partial charge in [0.05, 0.1) is 11.3 Å². The van der Waals surface area contributed by atoms with Crippen molar-refractivity contribution >= 4 is 16.0 Å². The lowest BCUT2D eigenvalue weighted by Crippen LogP contribution is -2.26. The summed E-state index contributed by atoms with van der Waals surface area (Å²) in [7, 11) is -3.62. The summed E-state index contributed by atoms with van der Waals surface area (Å²) in [6.45, 7) is 3.48. The molecule has 94 valence electrons. The van der Waals surface area contributed by atoms with E-state index in [1.165, 1.54) is 6.07 Å². The number of rotatable bonds is 5. The number of aryl methyl sites for hydroxylation is 2. The average molecular weight is 257 g/mol. The van der Waals surface area contributed by atoms with Crippen LogP contribution in [0.2, 0.25) is 0 Å². The van der Waals surface area contributed by atoms with Crippen LogP contribution in [0.5, 0.6) is 0 Å². The Bertz CT molecular complexity index is 522. The maximum Gasteiger partial charge on any atom is 0.304 e. The van der Waals surface area contributed by atoms with Gasteiger partial charge in [-0.1, -0.05) is 17.7 Å². The first-order valence-corrected chi connectivity index (χ1v) is 6.60. The molecule has 0 unspecified atom stereocenters. The van der Waals surface area contributed by atoms with Crippen LogP contribution in [0.3, 0.4) is 0 Å². The van der Waals surface area contributed by atoms with Gasteiger partial charge in [0.15, 0.2) is 0 Å². The maximum absolute atomic E-state index is 11.8. The molecule has 6 heteroatoms. The second kappa shape index (κ2) is 5.29. The van der Waals surface area contributed by atoms with Crippen LogP contribution >= 0.6 is 0 Å². The number of benzene rings is 1. The zero-order valence-corrected chi connectivity index (χ0v) is 10.5. The Labute approximate surface area is 101 Å². The highest BCUT2D eigenvalue weighted by atomic mass is 32.2. The molecule has 0 fully saturated rings. The van der Waals surface area contributed by atoms with Gasteiger partial charge in [-0.2, -0.15) is 0 Å². The zero-order valence-electron chi connectivity index (χ0n) is 9.73. The molecular formula is C11H15NO4S. The fraction of sp³-hybridized carbons (Fsp3) is 0.364. The van der Waals surface area contributed by atoms with E-state index in [4.69, 9.17) is 5.11 Å². The second-order valence-corrected chi connectivity index (χ2v) is 5.55. The van der Waals surface area contributed by atoms with Crippen LogP contribution in [-0.2, 0) is 14.8 Å². The molecular weight excluding hydrogens is 242 g/mol. The van der Waals surface area contributed by atoms with Gasteiger partial charge in [0.1, 0.15) is 0 Å². The van der Waals surface area contributed by atoms with Gasteiger partial charge in [-0.3, -0.25) is 4.79 Å². The molecule has 0 aromatic heterocycles. The lowest BCUT2D eigenvalue weighted by molar-refractivity contribution is -0.136. The zero-order chi connectivity index (χ0) is 13.1. The average Bonchev–Trinajstić information content (AvgIpc) is 2.15. The number of aliphatic carboxylic acids is 1. The first-order chi connectivity index (χ1) is 7.83.